The van der Waals surface area contributed by atoms with E-state index in [2.05, 4.69) is 33.2 Å². The van der Waals surface area contributed by atoms with Gasteiger partial charge >= 0.3 is 51.4 Å². The van der Waals surface area contributed by atoms with E-state index in [-0.39, 0.29) is 69.8 Å². The molecule has 7 nitrogen and oxygen atoms in total. The summed E-state index contributed by atoms with van der Waals surface area (Å²) < 4.78 is 0. The Morgan fingerprint density at radius 1 is 1.24 bits per heavy atom. The minimum Gasteiger partial charge on any atom is -0.545 e. The number of hydrogen-bond acceptors (Lipinski definition) is 6. The third-order valence-corrected chi connectivity index (χ3v) is 4.63. The van der Waals surface area contributed by atoms with Crippen LogP contribution in [0.5, 0.6) is 0 Å². The predicted molar refractivity (Wildman–Crippen MR) is 94.4 cm³/mol. The van der Waals surface area contributed by atoms with Crippen molar-refractivity contribution in [3.8, 4) is 0 Å². The Hall–Kier alpha value is -0.164. The van der Waals surface area contributed by atoms with Crippen LogP contribution in [0.15, 0.2) is 35.7 Å². The molecule has 132 valence electrons. The van der Waals surface area contributed by atoms with Gasteiger partial charge in [-0.15, -0.1) is 0 Å². The first-order chi connectivity index (χ1) is 11.7. The number of hydrogen-bond donors (Lipinski definition) is 5. The first-order valence-electron chi connectivity index (χ1n) is 8.49. The molecule has 0 radical (unpaired) electrons. The molecule has 25 heavy (non-hydrogen) atoms. The minimum atomic E-state index is -0.492. The van der Waals surface area contributed by atoms with Crippen LogP contribution in [0.3, 0.4) is 0 Å². The van der Waals surface area contributed by atoms with Crippen molar-refractivity contribution in [2.45, 2.75) is 31.5 Å². The van der Waals surface area contributed by atoms with Gasteiger partial charge in [-0.05, 0) is 37.0 Å². The van der Waals surface area contributed by atoms with E-state index in [4.69, 9.17) is 5.73 Å². The second kappa shape index (κ2) is 10.2. The molecule has 0 saturated carbocycles. The SMILES string of the molecule is NCC1=C(O)C(Nc2ccc(CCN3CCC(O)CC3)cc2)[N-]N1.[K+]. The molecule has 0 bridgehead atoms. The van der Waals surface area contributed by atoms with E-state index in [0.29, 0.717) is 5.70 Å². The molecular weight excluding hydrogens is 345 g/mol. The number of benzene rings is 1. The van der Waals surface area contributed by atoms with Gasteiger partial charge in [0.05, 0.1) is 6.10 Å². The van der Waals surface area contributed by atoms with Crippen LogP contribution >= 0.6 is 0 Å². The number of nitrogens with one attached hydrogen (secondary N) is 2. The van der Waals surface area contributed by atoms with E-state index in [1.807, 2.05) is 12.1 Å². The van der Waals surface area contributed by atoms with Gasteiger partial charge in [-0.1, -0.05) is 12.1 Å². The summed E-state index contributed by atoms with van der Waals surface area (Å²) in [5, 5.41) is 22.7. The average molecular weight is 372 g/mol. The van der Waals surface area contributed by atoms with Gasteiger partial charge in [0, 0.05) is 43.7 Å². The Kier molecular flexibility index (Phi) is 8.66. The predicted octanol–water partition coefficient (Wildman–Crippen LogP) is -1.95. The fourth-order valence-corrected chi connectivity index (χ4v) is 3.03. The zero-order valence-corrected chi connectivity index (χ0v) is 17.9. The minimum absolute atomic E-state index is 0. The van der Waals surface area contributed by atoms with E-state index < -0.39 is 6.17 Å². The molecule has 0 aromatic heterocycles. The fraction of sp³-hybridized carbons (Fsp3) is 0.529. The maximum Gasteiger partial charge on any atom is 1.00 e. The summed E-state index contributed by atoms with van der Waals surface area (Å²) in [6.07, 6.45) is 2.14. The summed E-state index contributed by atoms with van der Waals surface area (Å²) in [6.45, 7) is 3.21. The first-order valence-corrected chi connectivity index (χ1v) is 8.49. The second-order valence-electron chi connectivity index (χ2n) is 6.38. The van der Waals surface area contributed by atoms with Crippen molar-refractivity contribution >= 4 is 5.69 Å². The van der Waals surface area contributed by atoms with Crippen LogP contribution in [0.2, 0.25) is 0 Å². The van der Waals surface area contributed by atoms with Crippen LogP contribution in [-0.2, 0) is 6.42 Å². The number of rotatable bonds is 6. The normalized spacial score (nSPS) is 21.8. The molecule has 2 aliphatic heterocycles. The summed E-state index contributed by atoms with van der Waals surface area (Å²) in [6, 6.07) is 8.18. The van der Waals surface area contributed by atoms with Crippen LogP contribution in [0.4, 0.5) is 5.69 Å². The van der Waals surface area contributed by atoms with Gasteiger partial charge in [0.15, 0.2) is 0 Å². The van der Waals surface area contributed by atoms with Gasteiger partial charge in [0.2, 0.25) is 0 Å². The van der Waals surface area contributed by atoms with E-state index in [1.165, 1.54) is 5.56 Å². The molecule has 0 spiro atoms. The van der Waals surface area contributed by atoms with E-state index in [1.54, 1.807) is 0 Å². The molecule has 8 heteroatoms. The number of nitrogens with two attached hydrogens (primary N) is 1. The zero-order chi connectivity index (χ0) is 16.9. The van der Waals surface area contributed by atoms with Crippen molar-refractivity contribution in [1.82, 2.24) is 10.3 Å². The number of anilines is 1. The molecule has 2 heterocycles. The smallest absolute Gasteiger partial charge is 0.545 e. The van der Waals surface area contributed by atoms with Crippen molar-refractivity contribution in [3.63, 3.8) is 0 Å². The number of aliphatic hydroxyl groups excluding tert-OH is 2. The molecule has 1 fully saturated rings. The van der Waals surface area contributed by atoms with Gasteiger partial charge in [0.25, 0.3) is 0 Å². The summed E-state index contributed by atoms with van der Waals surface area (Å²) in [5.74, 6) is 0.147. The van der Waals surface area contributed by atoms with Gasteiger partial charge in [-0.2, -0.15) is 0 Å². The fourth-order valence-electron chi connectivity index (χ4n) is 3.03. The molecule has 1 unspecified atom stereocenters. The molecule has 3 rings (SSSR count). The largest absolute Gasteiger partial charge is 1.00 e. The second-order valence-corrected chi connectivity index (χ2v) is 6.38. The number of aliphatic hydroxyl groups is 2. The Morgan fingerprint density at radius 3 is 2.52 bits per heavy atom. The molecule has 2 aliphatic rings. The van der Waals surface area contributed by atoms with Crippen LogP contribution in [0.1, 0.15) is 18.4 Å². The summed E-state index contributed by atoms with van der Waals surface area (Å²) in [5.41, 5.74) is 15.1. The van der Waals surface area contributed by atoms with Crippen molar-refractivity contribution in [3.05, 3.63) is 46.7 Å². The number of nitrogens with zero attached hydrogens (tertiary/aromatic N) is 2. The summed E-state index contributed by atoms with van der Waals surface area (Å²) in [4.78, 5) is 2.40. The topological polar surface area (TPSA) is 108 Å². The van der Waals surface area contributed by atoms with Gasteiger partial charge < -0.3 is 37.0 Å². The number of likely N-dealkylation sites (tertiary alicyclic amines) is 1. The van der Waals surface area contributed by atoms with Crippen molar-refractivity contribution in [1.29, 1.82) is 0 Å². The zero-order valence-electron chi connectivity index (χ0n) is 14.8. The Bertz CT molecular complexity index is 573. The third kappa shape index (κ3) is 5.91. The molecule has 0 aliphatic carbocycles. The van der Waals surface area contributed by atoms with Crippen LogP contribution in [0.25, 0.3) is 5.43 Å². The van der Waals surface area contributed by atoms with E-state index >= 15 is 0 Å². The Morgan fingerprint density at radius 2 is 1.92 bits per heavy atom. The summed E-state index contributed by atoms with van der Waals surface area (Å²) in [7, 11) is 0. The molecule has 6 N–H and O–H groups in total. The van der Waals surface area contributed by atoms with Crippen molar-refractivity contribution in [2.24, 2.45) is 5.73 Å². The molecular formula is C17H26KN5O2. The molecule has 1 atom stereocenters. The molecule has 1 aromatic rings. The Labute approximate surface area is 191 Å². The summed E-state index contributed by atoms with van der Waals surface area (Å²) >= 11 is 0. The first kappa shape index (κ1) is 21.1. The van der Waals surface area contributed by atoms with Gasteiger partial charge in [0.1, 0.15) is 5.76 Å². The molecule has 0 amide bonds. The van der Waals surface area contributed by atoms with Gasteiger partial charge in [-0.3, -0.25) is 0 Å². The standard InChI is InChI=1S/C17H26N5O2.K/c18-11-15-16(24)17(21-20-15)19-13-3-1-12(2-4-13)5-8-22-9-6-14(23)7-10-22;/h1-4,14,17,19-20,23-24H,5-11,18H2;/q-1;+1. The number of piperidine rings is 1. The third-order valence-electron chi connectivity index (χ3n) is 4.63. The average Bonchev–Trinajstić information content (AvgIpc) is 2.95. The maximum atomic E-state index is 9.97. The molecule has 1 aromatic carbocycles. The van der Waals surface area contributed by atoms with Crippen molar-refractivity contribution in [2.75, 3.05) is 31.5 Å². The molecule has 1 saturated heterocycles. The quantitative estimate of drug-likeness (QED) is 0.372. The maximum absolute atomic E-state index is 9.97. The monoisotopic (exact) mass is 371 g/mol. The van der Waals surface area contributed by atoms with Crippen LogP contribution < -0.4 is 67.9 Å². The van der Waals surface area contributed by atoms with Crippen LogP contribution in [0, 0.1) is 0 Å². The van der Waals surface area contributed by atoms with Gasteiger partial charge in [-0.25, -0.2) is 0 Å². The van der Waals surface area contributed by atoms with E-state index in [0.717, 1.165) is 44.6 Å². The van der Waals surface area contributed by atoms with Crippen molar-refractivity contribution < 1.29 is 61.6 Å². The van der Waals surface area contributed by atoms with E-state index in [9.17, 15) is 10.2 Å². The van der Waals surface area contributed by atoms with Crippen LogP contribution in [-0.4, -0.2) is 53.6 Å². The Balaban J connectivity index is 0.00000225.